The summed E-state index contributed by atoms with van der Waals surface area (Å²) in [5.74, 6) is 0.544. The van der Waals surface area contributed by atoms with E-state index in [2.05, 4.69) is 10.6 Å². The number of halogens is 1. The Balaban J connectivity index is 2.07. The number of benzene rings is 1. The molecule has 1 aliphatic rings. The molecular weight excluding hydrogens is 290 g/mol. The molecule has 0 unspecified atom stereocenters. The molecule has 0 atom stereocenters. The van der Waals surface area contributed by atoms with E-state index in [1.54, 1.807) is 12.1 Å². The van der Waals surface area contributed by atoms with Crippen LogP contribution in [0.1, 0.15) is 19.8 Å². The van der Waals surface area contributed by atoms with Crippen LogP contribution in [0.5, 0.6) is 5.75 Å². The number of nitrogens with one attached hydrogen (secondary N) is 2. The van der Waals surface area contributed by atoms with Gasteiger partial charge < -0.3 is 20.3 Å². The number of anilines is 1. The molecular formula is C15H22ClN3O2. The molecule has 1 saturated heterocycles. The fourth-order valence-corrected chi connectivity index (χ4v) is 2.43. The number of carbonyl (C=O) groups is 1. The Kier molecular flexibility index (Phi) is 6.14. The topological polar surface area (TPSA) is 53.6 Å². The van der Waals surface area contributed by atoms with Gasteiger partial charge >= 0.3 is 6.03 Å². The third-order valence-corrected chi connectivity index (χ3v) is 3.58. The lowest BCUT2D eigenvalue weighted by Gasteiger charge is -2.21. The van der Waals surface area contributed by atoms with E-state index in [0.29, 0.717) is 29.6 Å². The first-order valence-corrected chi connectivity index (χ1v) is 7.78. The number of carbonyl (C=O) groups excluding carboxylic acids is 1. The van der Waals surface area contributed by atoms with Crippen molar-refractivity contribution >= 4 is 23.3 Å². The number of para-hydroxylation sites is 1. The van der Waals surface area contributed by atoms with Gasteiger partial charge in [-0.2, -0.15) is 0 Å². The van der Waals surface area contributed by atoms with Gasteiger partial charge in [-0.25, -0.2) is 4.79 Å². The van der Waals surface area contributed by atoms with Crippen molar-refractivity contribution in [2.75, 3.05) is 38.1 Å². The summed E-state index contributed by atoms with van der Waals surface area (Å²) >= 11 is 6.16. The molecule has 2 amide bonds. The van der Waals surface area contributed by atoms with Crippen molar-refractivity contribution in [3.63, 3.8) is 0 Å². The monoisotopic (exact) mass is 311 g/mol. The summed E-state index contributed by atoms with van der Waals surface area (Å²) in [7, 11) is 0. The normalized spacial score (nSPS) is 15.4. The SMILES string of the molecule is CCCOc1c(Cl)cccc1NC(=O)N1CCCNCC1. The van der Waals surface area contributed by atoms with E-state index >= 15 is 0 Å². The molecule has 0 aliphatic carbocycles. The Morgan fingerprint density at radius 2 is 2.29 bits per heavy atom. The van der Waals surface area contributed by atoms with Crippen molar-refractivity contribution < 1.29 is 9.53 Å². The summed E-state index contributed by atoms with van der Waals surface area (Å²) in [6.45, 7) is 5.83. The first kappa shape index (κ1) is 15.9. The second-order valence-corrected chi connectivity index (χ2v) is 5.39. The van der Waals surface area contributed by atoms with Gasteiger partial charge in [0, 0.05) is 19.6 Å². The standard InChI is InChI=1S/C15H22ClN3O2/c1-2-11-21-14-12(16)5-3-6-13(14)18-15(20)19-9-4-7-17-8-10-19/h3,5-6,17H,2,4,7-11H2,1H3,(H,18,20). The molecule has 116 valence electrons. The molecule has 1 heterocycles. The maximum Gasteiger partial charge on any atom is 0.321 e. The summed E-state index contributed by atoms with van der Waals surface area (Å²) in [5, 5.41) is 6.70. The fourth-order valence-electron chi connectivity index (χ4n) is 2.20. The van der Waals surface area contributed by atoms with E-state index in [0.717, 1.165) is 32.5 Å². The number of hydrogen-bond acceptors (Lipinski definition) is 3. The van der Waals surface area contributed by atoms with Gasteiger partial charge in [0.2, 0.25) is 0 Å². The van der Waals surface area contributed by atoms with Crippen LogP contribution in [0.3, 0.4) is 0 Å². The maximum absolute atomic E-state index is 12.3. The van der Waals surface area contributed by atoms with E-state index in [-0.39, 0.29) is 6.03 Å². The number of hydrogen-bond donors (Lipinski definition) is 2. The molecule has 0 spiro atoms. The summed E-state index contributed by atoms with van der Waals surface area (Å²) in [6, 6.07) is 5.27. The van der Waals surface area contributed by atoms with Crippen LogP contribution < -0.4 is 15.4 Å². The molecule has 0 saturated carbocycles. The van der Waals surface area contributed by atoms with Crippen LogP contribution in [-0.2, 0) is 0 Å². The van der Waals surface area contributed by atoms with Crippen LogP contribution in [0, 0.1) is 0 Å². The number of rotatable bonds is 4. The smallest absolute Gasteiger partial charge is 0.321 e. The minimum atomic E-state index is -0.109. The highest BCUT2D eigenvalue weighted by Gasteiger charge is 2.17. The number of ether oxygens (including phenoxy) is 1. The average Bonchev–Trinajstić information content (AvgIpc) is 2.76. The van der Waals surface area contributed by atoms with E-state index in [9.17, 15) is 4.79 Å². The van der Waals surface area contributed by atoms with Crippen LogP contribution in [-0.4, -0.2) is 43.7 Å². The third kappa shape index (κ3) is 4.51. The molecule has 1 aromatic rings. The van der Waals surface area contributed by atoms with Gasteiger partial charge in [-0.05, 0) is 31.5 Å². The average molecular weight is 312 g/mol. The molecule has 1 fully saturated rings. The third-order valence-electron chi connectivity index (χ3n) is 3.29. The van der Waals surface area contributed by atoms with Crippen molar-refractivity contribution in [1.29, 1.82) is 0 Å². The Morgan fingerprint density at radius 3 is 3.10 bits per heavy atom. The van der Waals surface area contributed by atoms with Gasteiger partial charge in [0.25, 0.3) is 0 Å². The quantitative estimate of drug-likeness (QED) is 0.899. The van der Waals surface area contributed by atoms with Crippen molar-refractivity contribution in [1.82, 2.24) is 10.2 Å². The lowest BCUT2D eigenvalue weighted by molar-refractivity contribution is 0.215. The van der Waals surface area contributed by atoms with Crippen LogP contribution in [0.15, 0.2) is 18.2 Å². The molecule has 1 aromatic carbocycles. The molecule has 1 aliphatic heterocycles. The van der Waals surface area contributed by atoms with Crippen LogP contribution in [0.2, 0.25) is 5.02 Å². The van der Waals surface area contributed by atoms with E-state index < -0.39 is 0 Å². The van der Waals surface area contributed by atoms with Gasteiger partial charge in [0.05, 0.1) is 17.3 Å². The zero-order valence-corrected chi connectivity index (χ0v) is 13.1. The Bertz CT molecular complexity index is 474. The van der Waals surface area contributed by atoms with Crippen molar-refractivity contribution in [2.24, 2.45) is 0 Å². The summed E-state index contributed by atoms with van der Waals surface area (Å²) in [4.78, 5) is 14.2. The first-order chi connectivity index (χ1) is 10.2. The molecule has 0 bridgehead atoms. The van der Waals surface area contributed by atoms with E-state index in [4.69, 9.17) is 16.3 Å². The number of amides is 2. The second kappa shape index (κ2) is 8.10. The van der Waals surface area contributed by atoms with E-state index in [1.807, 2.05) is 17.9 Å². The van der Waals surface area contributed by atoms with Crippen molar-refractivity contribution in [3.8, 4) is 5.75 Å². The zero-order chi connectivity index (χ0) is 15.1. The molecule has 6 heteroatoms. The molecule has 2 N–H and O–H groups in total. The van der Waals surface area contributed by atoms with Gasteiger partial charge in [0.15, 0.2) is 5.75 Å². The highest BCUT2D eigenvalue weighted by Crippen LogP contribution is 2.33. The largest absolute Gasteiger partial charge is 0.490 e. The minimum Gasteiger partial charge on any atom is -0.490 e. The highest BCUT2D eigenvalue weighted by atomic mass is 35.5. The summed E-state index contributed by atoms with van der Waals surface area (Å²) in [6.07, 6.45) is 1.85. The van der Waals surface area contributed by atoms with Gasteiger partial charge in [-0.15, -0.1) is 0 Å². The fraction of sp³-hybridized carbons (Fsp3) is 0.533. The maximum atomic E-state index is 12.3. The van der Waals surface area contributed by atoms with Crippen LogP contribution in [0.4, 0.5) is 10.5 Å². The van der Waals surface area contributed by atoms with Crippen LogP contribution >= 0.6 is 11.6 Å². The summed E-state index contributed by atoms with van der Waals surface area (Å²) < 4.78 is 5.65. The Labute approximate surface area is 130 Å². The summed E-state index contributed by atoms with van der Waals surface area (Å²) in [5.41, 5.74) is 0.623. The molecule has 0 aromatic heterocycles. The number of urea groups is 1. The highest BCUT2D eigenvalue weighted by molar-refractivity contribution is 6.32. The van der Waals surface area contributed by atoms with Crippen molar-refractivity contribution in [3.05, 3.63) is 23.2 Å². The lowest BCUT2D eigenvalue weighted by Crippen LogP contribution is -2.37. The van der Waals surface area contributed by atoms with Gasteiger partial charge in [-0.1, -0.05) is 24.6 Å². The Morgan fingerprint density at radius 1 is 1.43 bits per heavy atom. The van der Waals surface area contributed by atoms with E-state index in [1.165, 1.54) is 0 Å². The molecule has 21 heavy (non-hydrogen) atoms. The predicted molar refractivity (Wildman–Crippen MR) is 85.3 cm³/mol. The first-order valence-electron chi connectivity index (χ1n) is 7.40. The number of nitrogens with zero attached hydrogens (tertiary/aromatic N) is 1. The molecule has 2 rings (SSSR count). The second-order valence-electron chi connectivity index (χ2n) is 4.99. The van der Waals surface area contributed by atoms with Gasteiger partial charge in [0.1, 0.15) is 0 Å². The molecule has 0 radical (unpaired) electrons. The lowest BCUT2D eigenvalue weighted by atomic mass is 10.3. The van der Waals surface area contributed by atoms with Crippen molar-refractivity contribution in [2.45, 2.75) is 19.8 Å². The minimum absolute atomic E-state index is 0.109. The Hall–Kier alpha value is -1.46. The zero-order valence-electron chi connectivity index (χ0n) is 12.3. The van der Waals surface area contributed by atoms with Crippen LogP contribution in [0.25, 0.3) is 0 Å². The molecule has 5 nitrogen and oxygen atoms in total. The van der Waals surface area contributed by atoms with Gasteiger partial charge in [-0.3, -0.25) is 0 Å². The predicted octanol–water partition coefficient (Wildman–Crippen LogP) is 2.96.